The van der Waals surface area contributed by atoms with Crippen molar-refractivity contribution in [2.75, 3.05) is 0 Å². The number of rotatable bonds is 3. The van der Waals surface area contributed by atoms with Crippen LogP contribution < -0.4 is 0 Å². The summed E-state index contributed by atoms with van der Waals surface area (Å²) in [5.74, 6) is -3.22. The minimum atomic E-state index is -1.55. The fourth-order valence-electron chi connectivity index (χ4n) is 6.38. The van der Waals surface area contributed by atoms with E-state index in [0.29, 0.717) is 6.29 Å². The molecule has 1 N–H and O–H groups in total. The fourth-order valence-corrected chi connectivity index (χ4v) is 6.38. The van der Waals surface area contributed by atoms with Crippen molar-refractivity contribution in [2.45, 2.75) is 91.8 Å². The maximum atomic E-state index is 13.6. The Morgan fingerprint density at radius 3 is 2.15 bits per heavy atom. The third kappa shape index (κ3) is 3.46. The molecule has 3 aliphatic carbocycles. The molecule has 0 amide bonds. The van der Waals surface area contributed by atoms with E-state index in [0.717, 1.165) is 0 Å². The van der Waals surface area contributed by atoms with Gasteiger partial charge in [-0.2, -0.15) is 0 Å². The molecule has 1 heterocycles. The number of ether oxygens (including phenoxy) is 3. The van der Waals surface area contributed by atoms with E-state index < -0.39 is 70.0 Å². The molecule has 8 atom stereocenters. The van der Waals surface area contributed by atoms with Crippen LogP contribution in [-0.2, 0) is 38.2 Å². The lowest BCUT2D eigenvalue weighted by atomic mass is 9.48. The van der Waals surface area contributed by atoms with Crippen LogP contribution in [0.2, 0.25) is 0 Å². The molecule has 3 saturated carbocycles. The predicted octanol–water partition coefficient (Wildman–Crippen LogP) is 1.76. The number of hydrogen-bond acceptors (Lipinski definition) is 9. The molecule has 0 radical (unpaired) electrons. The van der Waals surface area contributed by atoms with Crippen LogP contribution in [-0.4, -0.2) is 59.5 Å². The van der Waals surface area contributed by atoms with Crippen LogP contribution in [0.5, 0.6) is 0 Å². The zero-order valence-electron chi connectivity index (χ0n) is 20.6. The van der Waals surface area contributed by atoms with Crippen molar-refractivity contribution in [3.63, 3.8) is 0 Å². The average molecular weight is 479 g/mol. The van der Waals surface area contributed by atoms with Crippen molar-refractivity contribution in [2.24, 2.45) is 33.5 Å². The van der Waals surface area contributed by atoms with E-state index in [2.05, 4.69) is 0 Å². The molecule has 0 spiro atoms. The number of carbonyl (C=O) groups is 5. The van der Waals surface area contributed by atoms with E-state index in [1.807, 2.05) is 0 Å². The van der Waals surface area contributed by atoms with Crippen molar-refractivity contribution in [1.82, 2.24) is 0 Å². The van der Waals surface area contributed by atoms with Crippen molar-refractivity contribution >= 4 is 29.8 Å². The molecule has 0 aromatic carbocycles. The van der Waals surface area contributed by atoms with Crippen LogP contribution in [0, 0.1) is 33.5 Å². The fraction of sp³-hybridized carbons (Fsp3) is 0.800. The van der Waals surface area contributed by atoms with Crippen LogP contribution in [0.1, 0.15) is 67.2 Å². The molecule has 1 saturated heterocycles. The highest BCUT2D eigenvalue weighted by Gasteiger charge is 2.79. The first kappa shape index (κ1) is 25.0. The van der Waals surface area contributed by atoms with E-state index in [1.54, 1.807) is 41.5 Å². The molecule has 4 fully saturated rings. The highest BCUT2D eigenvalue weighted by atomic mass is 16.7. The van der Waals surface area contributed by atoms with Gasteiger partial charge in [0.1, 0.15) is 23.6 Å². The van der Waals surface area contributed by atoms with Gasteiger partial charge in [0.05, 0.1) is 23.0 Å². The Hall–Kier alpha value is -2.13. The Balaban J connectivity index is 1.85. The smallest absolute Gasteiger partial charge is 0.313 e. The summed E-state index contributed by atoms with van der Waals surface area (Å²) >= 11 is 0. The first-order valence-corrected chi connectivity index (χ1v) is 11.8. The van der Waals surface area contributed by atoms with Gasteiger partial charge in [-0.05, 0) is 48.0 Å². The summed E-state index contributed by atoms with van der Waals surface area (Å²) in [7, 11) is 0. The Morgan fingerprint density at radius 1 is 1.00 bits per heavy atom. The lowest BCUT2D eigenvalue weighted by Crippen LogP contribution is -2.66. The van der Waals surface area contributed by atoms with Gasteiger partial charge in [0, 0.05) is 36.5 Å². The third-order valence-corrected chi connectivity index (χ3v) is 7.96. The van der Waals surface area contributed by atoms with Gasteiger partial charge < -0.3 is 24.1 Å². The Kier molecular flexibility index (Phi) is 5.64. The second kappa shape index (κ2) is 7.68. The van der Waals surface area contributed by atoms with Gasteiger partial charge in [-0.3, -0.25) is 19.2 Å². The molecular weight excluding hydrogens is 444 g/mol. The molecule has 34 heavy (non-hydrogen) atoms. The first-order valence-electron chi connectivity index (χ1n) is 11.8. The molecule has 1 aliphatic heterocycles. The van der Waals surface area contributed by atoms with E-state index in [9.17, 15) is 29.1 Å². The first-order chi connectivity index (χ1) is 15.6. The lowest BCUT2D eigenvalue weighted by Gasteiger charge is -2.56. The summed E-state index contributed by atoms with van der Waals surface area (Å²) in [5.41, 5.74) is -4.64. The summed E-state index contributed by atoms with van der Waals surface area (Å²) in [6.45, 7) is 10.0. The van der Waals surface area contributed by atoms with Crippen LogP contribution in [0.4, 0.5) is 0 Å². The summed E-state index contributed by atoms with van der Waals surface area (Å²) in [6, 6.07) is 0. The molecule has 0 unspecified atom stereocenters. The number of fused-ring (bicyclic) bond motifs is 1. The van der Waals surface area contributed by atoms with Crippen molar-refractivity contribution in [3.05, 3.63) is 0 Å². The molecule has 9 nitrogen and oxygen atoms in total. The quantitative estimate of drug-likeness (QED) is 0.476. The molecule has 2 bridgehead atoms. The molecule has 188 valence electrons. The summed E-state index contributed by atoms with van der Waals surface area (Å²) in [4.78, 5) is 64.3. The average Bonchev–Trinajstić information content (AvgIpc) is 3.15. The van der Waals surface area contributed by atoms with Gasteiger partial charge in [-0.25, -0.2) is 0 Å². The largest absolute Gasteiger partial charge is 0.461 e. The number of esters is 2. The zero-order chi connectivity index (χ0) is 25.4. The number of ketones is 2. The third-order valence-electron chi connectivity index (χ3n) is 7.96. The molecular formula is C25H34O9. The van der Waals surface area contributed by atoms with Crippen molar-refractivity contribution < 1.29 is 43.3 Å². The number of aliphatic hydroxyl groups excluding tert-OH is 1. The normalized spacial score (nSPS) is 41.5. The predicted molar refractivity (Wildman–Crippen MR) is 116 cm³/mol. The van der Waals surface area contributed by atoms with Crippen molar-refractivity contribution in [1.29, 1.82) is 0 Å². The number of Topliss-reactive ketones (excluding diaryl/α,β-unsaturated/α-hetero) is 2. The topological polar surface area (TPSA) is 133 Å². The summed E-state index contributed by atoms with van der Waals surface area (Å²) in [5, 5.41) is 11.0. The minimum absolute atomic E-state index is 0.0100. The highest BCUT2D eigenvalue weighted by Crippen LogP contribution is 2.68. The van der Waals surface area contributed by atoms with Crippen LogP contribution in [0.25, 0.3) is 0 Å². The van der Waals surface area contributed by atoms with Crippen LogP contribution >= 0.6 is 0 Å². The van der Waals surface area contributed by atoms with Crippen LogP contribution in [0.15, 0.2) is 0 Å². The Bertz CT molecular complexity index is 941. The van der Waals surface area contributed by atoms with E-state index in [1.165, 1.54) is 0 Å². The number of hydrogen-bond donors (Lipinski definition) is 1. The van der Waals surface area contributed by atoms with Gasteiger partial charge in [-0.15, -0.1) is 0 Å². The molecule has 4 aliphatic rings. The Morgan fingerprint density at radius 2 is 1.59 bits per heavy atom. The van der Waals surface area contributed by atoms with E-state index in [-0.39, 0.29) is 37.2 Å². The van der Waals surface area contributed by atoms with Crippen LogP contribution in [0.3, 0.4) is 0 Å². The number of carbonyl (C=O) groups excluding carboxylic acids is 5. The van der Waals surface area contributed by atoms with Gasteiger partial charge in [0.2, 0.25) is 6.29 Å². The summed E-state index contributed by atoms with van der Waals surface area (Å²) < 4.78 is 17.7. The monoisotopic (exact) mass is 478 g/mol. The molecule has 9 heteroatoms. The number of aldehydes is 1. The zero-order valence-corrected chi connectivity index (χ0v) is 20.6. The van der Waals surface area contributed by atoms with E-state index in [4.69, 9.17) is 14.2 Å². The molecule has 4 rings (SSSR count). The highest BCUT2D eigenvalue weighted by molar-refractivity contribution is 5.93. The lowest BCUT2D eigenvalue weighted by molar-refractivity contribution is -0.236. The summed E-state index contributed by atoms with van der Waals surface area (Å²) in [6.07, 6.45) is -4.07. The van der Waals surface area contributed by atoms with Gasteiger partial charge >= 0.3 is 11.9 Å². The maximum absolute atomic E-state index is 13.6. The van der Waals surface area contributed by atoms with Crippen molar-refractivity contribution in [3.8, 4) is 0 Å². The maximum Gasteiger partial charge on any atom is 0.313 e. The second-order valence-corrected chi connectivity index (χ2v) is 12.5. The molecule has 0 aromatic rings. The van der Waals surface area contributed by atoms with Gasteiger partial charge in [0.15, 0.2) is 5.78 Å². The van der Waals surface area contributed by atoms with E-state index >= 15 is 0 Å². The van der Waals surface area contributed by atoms with Gasteiger partial charge in [-0.1, -0.05) is 0 Å². The standard InChI is InChI=1S/C25H34O9/c1-22(2,3)19(30)33-16-10-24(11-26)9-12(27)7-13(28)17(24)18-14-8-15(29)25(16,18)21(32-14)34-20(31)23(4,5)6/h11,13-14,16-18,21,28H,7-10H2,1-6H3/t13-,14+,16-,17-,18-,21-,24+,25+/m0/s1. The molecule has 0 aromatic heterocycles. The Labute approximate surface area is 198 Å². The SMILES string of the molecule is CC(C)(C)C(=O)O[C@@H]1O[C@@H]2CC(=O)[C@@]13[C@@H]2[C@@H]1[C@@H](O)CC(=O)C[C@]1(C=O)C[C@@H]3OC(=O)C(C)(C)C. The number of aliphatic hydroxyl groups is 1. The van der Waals surface area contributed by atoms with Gasteiger partial charge in [0.25, 0.3) is 0 Å². The minimum Gasteiger partial charge on any atom is -0.461 e. The second-order valence-electron chi connectivity index (χ2n) is 12.5.